The van der Waals surface area contributed by atoms with Gasteiger partial charge in [-0.15, -0.1) is 0 Å². The van der Waals surface area contributed by atoms with Gasteiger partial charge in [-0.1, -0.05) is 19.9 Å². The Labute approximate surface area is 154 Å². The van der Waals surface area contributed by atoms with Crippen molar-refractivity contribution in [1.82, 2.24) is 15.3 Å². The second-order valence-corrected chi connectivity index (χ2v) is 7.35. The number of aromatic nitrogens is 2. The van der Waals surface area contributed by atoms with Gasteiger partial charge in [-0.05, 0) is 48.2 Å². The number of fused-ring (bicyclic) bond motifs is 1. The fourth-order valence-electron chi connectivity index (χ4n) is 3.48. The van der Waals surface area contributed by atoms with Crippen LogP contribution in [0.4, 0.5) is 17.5 Å². The minimum Gasteiger partial charge on any atom is -0.340 e. The molecule has 6 nitrogen and oxygen atoms in total. The highest BCUT2D eigenvalue weighted by atomic mass is 15.3. The van der Waals surface area contributed by atoms with Gasteiger partial charge in [0.1, 0.15) is 5.82 Å². The summed E-state index contributed by atoms with van der Waals surface area (Å²) in [5.41, 5.74) is 3.48. The van der Waals surface area contributed by atoms with Crippen LogP contribution >= 0.6 is 0 Å². The fraction of sp³-hybridized carbons (Fsp3) is 0.450. The Hall–Kier alpha value is -2.47. The Morgan fingerprint density at radius 3 is 3.08 bits per heavy atom. The van der Waals surface area contributed by atoms with Gasteiger partial charge < -0.3 is 15.5 Å². The van der Waals surface area contributed by atoms with Crippen molar-refractivity contribution >= 4 is 23.7 Å². The maximum absolute atomic E-state index is 4.76. The molecule has 2 aromatic rings. The molecule has 1 aromatic heterocycles. The summed E-state index contributed by atoms with van der Waals surface area (Å²) in [6, 6.07) is 8.72. The number of anilines is 3. The number of benzene rings is 1. The van der Waals surface area contributed by atoms with E-state index in [1.165, 1.54) is 11.1 Å². The number of nitrogens with zero attached hydrogens (tertiary/aromatic N) is 4. The Kier molecular flexibility index (Phi) is 4.84. The first kappa shape index (κ1) is 17.0. The molecule has 136 valence electrons. The molecule has 1 fully saturated rings. The first-order valence-corrected chi connectivity index (χ1v) is 9.40. The molecule has 3 heterocycles. The predicted octanol–water partition coefficient (Wildman–Crippen LogP) is 2.98. The van der Waals surface area contributed by atoms with Crippen molar-refractivity contribution in [1.29, 1.82) is 0 Å². The normalized spacial score (nSPS) is 19.5. The van der Waals surface area contributed by atoms with Gasteiger partial charge in [0.05, 0.1) is 6.54 Å². The Bertz CT molecular complexity index is 801. The van der Waals surface area contributed by atoms with E-state index in [2.05, 4.69) is 57.6 Å². The summed E-state index contributed by atoms with van der Waals surface area (Å²) in [6.07, 6.45) is 4.87. The molecule has 26 heavy (non-hydrogen) atoms. The van der Waals surface area contributed by atoms with Crippen LogP contribution in [0.3, 0.4) is 0 Å². The Morgan fingerprint density at radius 1 is 1.27 bits per heavy atom. The summed E-state index contributed by atoms with van der Waals surface area (Å²) in [6.45, 7) is 8.28. The van der Waals surface area contributed by atoms with Crippen molar-refractivity contribution in [3.63, 3.8) is 0 Å². The molecule has 2 aliphatic heterocycles. The molecule has 0 saturated carbocycles. The maximum atomic E-state index is 4.76. The highest BCUT2D eigenvalue weighted by Gasteiger charge is 2.22. The molecular weight excluding hydrogens is 324 g/mol. The summed E-state index contributed by atoms with van der Waals surface area (Å²) in [5.74, 6) is 2.21. The molecule has 0 radical (unpaired) electrons. The van der Waals surface area contributed by atoms with Crippen LogP contribution in [0.25, 0.3) is 0 Å². The van der Waals surface area contributed by atoms with Crippen molar-refractivity contribution < 1.29 is 0 Å². The summed E-state index contributed by atoms with van der Waals surface area (Å²) < 4.78 is 0. The standard InChI is InChI=1S/C20H26N6/c1-14(2)18-13-26(9-3-7-22-18)20-23-8-6-19(25-20)24-17-5-4-15-11-21-12-16(15)10-17/h4-6,8,10,12,14,18,22H,3,7,9,11,13H2,1-2H3,(H,23,24,25). The van der Waals surface area contributed by atoms with Gasteiger partial charge in [-0.3, -0.25) is 4.99 Å². The minimum atomic E-state index is 0.466. The van der Waals surface area contributed by atoms with E-state index < -0.39 is 0 Å². The lowest BCUT2D eigenvalue weighted by molar-refractivity contribution is 0.419. The average Bonchev–Trinajstić information content (AvgIpc) is 2.95. The van der Waals surface area contributed by atoms with E-state index in [0.717, 1.165) is 50.1 Å². The van der Waals surface area contributed by atoms with E-state index in [0.29, 0.717) is 12.0 Å². The smallest absolute Gasteiger partial charge is 0.227 e. The van der Waals surface area contributed by atoms with Gasteiger partial charge in [-0.2, -0.15) is 4.98 Å². The number of hydrogen-bond donors (Lipinski definition) is 2. The van der Waals surface area contributed by atoms with E-state index in [4.69, 9.17) is 4.98 Å². The topological polar surface area (TPSA) is 65.4 Å². The first-order chi connectivity index (χ1) is 12.7. The zero-order chi connectivity index (χ0) is 17.9. The molecule has 0 amide bonds. The molecule has 2 N–H and O–H groups in total. The van der Waals surface area contributed by atoms with Crippen LogP contribution in [-0.2, 0) is 6.54 Å². The highest BCUT2D eigenvalue weighted by molar-refractivity contribution is 5.86. The SMILES string of the molecule is CC(C)C1CN(c2nccc(Nc3ccc4c(c3)C=NC4)n2)CCCN1. The zero-order valence-corrected chi connectivity index (χ0v) is 15.4. The molecule has 0 spiro atoms. The molecule has 0 aliphatic carbocycles. The number of rotatable bonds is 4. The molecule has 6 heteroatoms. The molecular formula is C20H26N6. The summed E-state index contributed by atoms with van der Waals surface area (Å²) >= 11 is 0. The van der Waals surface area contributed by atoms with E-state index in [9.17, 15) is 0 Å². The summed E-state index contributed by atoms with van der Waals surface area (Å²) in [4.78, 5) is 15.9. The lowest BCUT2D eigenvalue weighted by atomic mass is 10.0. The molecule has 1 atom stereocenters. The fourth-order valence-corrected chi connectivity index (χ4v) is 3.48. The number of nitrogens with one attached hydrogen (secondary N) is 2. The summed E-state index contributed by atoms with van der Waals surface area (Å²) in [5, 5.41) is 7.04. The lowest BCUT2D eigenvalue weighted by Crippen LogP contribution is -2.41. The molecule has 1 saturated heterocycles. The Morgan fingerprint density at radius 2 is 2.19 bits per heavy atom. The molecule has 1 unspecified atom stereocenters. The molecule has 2 aliphatic rings. The number of hydrogen-bond acceptors (Lipinski definition) is 6. The van der Waals surface area contributed by atoms with Crippen LogP contribution in [0.5, 0.6) is 0 Å². The maximum Gasteiger partial charge on any atom is 0.227 e. The second kappa shape index (κ2) is 7.41. The monoisotopic (exact) mass is 350 g/mol. The van der Waals surface area contributed by atoms with Crippen molar-refractivity contribution in [2.45, 2.75) is 32.9 Å². The van der Waals surface area contributed by atoms with E-state index in [-0.39, 0.29) is 0 Å². The van der Waals surface area contributed by atoms with E-state index in [1.807, 2.05) is 18.5 Å². The van der Waals surface area contributed by atoms with Crippen LogP contribution in [0.1, 0.15) is 31.4 Å². The van der Waals surface area contributed by atoms with Gasteiger partial charge >= 0.3 is 0 Å². The second-order valence-electron chi connectivity index (χ2n) is 7.35. The van der Waals surface area contributed by atoms with Crippen molar-refractivity contribution in [3.8, 4) is 0 Å². The van der Waals surface area contributed by atoms with Gasteiger partial charge in [-0.25, -0.2) is 4.98 Å². The van der Waals surface area contributed by atoms with Crippen LogP contribution in [0, 0.1) is 5.92 Å². The molecule has 1 aromatic carbocycles. The molecule has 0 bridgehead atoms. The van der Waals surface area contributed by atoms with Gasteiger partial charge in [0.15, 0.2) is 0 Å². The van der Waals surface area contributed by atoms with Crippen LogP contribution in [0.2, 0.25) is 0 Å². The predicted molar refractivity (Wildman–Crippen MR) is 107 cm³/mol. The van der Waals surface area contributed by atoms with Crippen LogP contribution in [0.15, 0.2) is 35.5 Å². The molecule has 4 rings (SSSR count). The minimum absolute atomic E-state index is 0.466. The van der Waals surface area contributed by atoms with Crippen molar-refractivity contribution in [3.05, 3.63) is 41.6 Å². The van der Waals surface area contributed by atoms with Gasteiger partial charge in [0.2, 0.25) is 5.95 Å². The first-order valence-electron chi connectivity index (χ1n) is 9.40. The van der Waals surface area contributed by atoms with Gasteiger partial charge in [0, 0.05) is 37.2 Å². The Balaban J connectivity index is 1.52. The third-order valence-electron chi connectivity index (χ3n) is 5.07. The lowest BCUT2D eigenvalue weighted by Gasteiger charge is -2.27. The van der Waals surface area contributed by atoms with E-state index in [1.54, 1.807) is 0 Å². The average molecular weight is 350 g/mol. The number of aliphatic imine (C=N–C) groups is 1. The van der Waals surface area contributed by atoms with Crippen LogP contribution in [-0.4, -0.2) is 41.9 Å². The van der Waals surface area contributed by atoms with Gasteiger partial charge in [0.25, 0.3) is 0 Å². The van der Waals surface area contributed by atoms with Crippen molar-refractivity contribution in [2.24, 2.45) is 10.9 Å². The van der Waals surface area contributed by atoms with Crippen LogP contribution < -0.4 is 15.5 Å². The zero-order valence-electron chi connectivity index (χ0n) is 15.4. The third-order valence-corrected chi connectivity index (χ3v) is 5.07. The van der Waals surface area contributed by atoms with Crippen molar-refractivity contribution in [2.75, 3.05) is 29.9 Å². The quantitative estimate of drug-likeness (QED) is 0.887. The highest BCUT2D eigenvalue weighted by Crippen LogP contribution is 2.23. The van der Waals surface area contributed by atoms with E-state index >= 15 is 0 Å². The third kappa shape index (κ3) is 3.70. The summed E-state index contributed by atoms with van der Waals surface area (Å²) in [7, 11) is 0. The largest absolute Gasteiger partial charge is 0.340 e.